The van der Waals surface area contributed by atoms with E-state index in [1.54, 1.807) is 0 Å². The highest BCUT2D eigenvalue weighted by Crippen LogP contribution is 2.18. The summed E-state index contributed by atoms with van der Waals surface area (Å²) in [6.45, 7) is 6.94. The first-order chi connectivity index (χ1) is 11.1. The lowest BCUT2D eigenvalue weighted by Crippen LogP contribution is -2.29. The smallest absolute Gasteiger partial charge is 0.251 e. The molecule has 1 N–H and O–H groups in total. The first-order valence-electron chi connectivity index (χ1n) is 7.84. The average Bonchev–Trinajstić information content (AvgIpc) is 2.54. The number of ether oxygens (including phenoxy) is 2. The molecular weight excluding hydrogens is 290 g/mol. The van der Waals surface area contributed by atoms with Crippen molar-refractivity contribution in [2.75, 3.05) is 6.61 Å². The van der Waals surface area contributed by atoms with E-state index in [-0.39, 0.29) is 11.9 Å². The second kappa shape index (κ2) is 8.22. The molecular formula is C19H23NO3. The molecule has 0 saturated heterocycles. The van der Waals surface area contributed by atoms with Gasteiger partial charge in [0, 0.05) is 11.6 Å². The fraction of sp³-hybridized carbons (Fsp3) is 0.316. The van der Waals surface area contributed by atoms with Gasteiger partial charge in [-0.3, -0.25) is 4.79 Å². The minimum atomic E-state index is -0.0565. The Kier molecular flexibility index (Phi) is 6.03. The third-order valence-corrected chi connectivity index (χ3v) is 3.18. The predicted octanol–water partition coefficient (Wildman–Crippen LogP) is 3.80. The van der Waals surface area contributed by atoms with Crippen molar-refractivity contribution in [2.24, 2.45) is 0 Å². The molecule has 4 nitrogen and oxygen atoms in total. The van der Waals surface area contributed by atoms with Crippen LogP contribution in [-0.2, 0) is 6.61 Å². The van der Waals surface area contributed by atoms with Crippen LogP contribution in [-0.4, -0.2) is 18.6 Å². The number of rotatable bonds is 7. The van der Waals surface area contributed by atoms with E-state index in [1.165, 1.54) is 0 Å². The Morgan fingerprint density at radius 3 is 2.04 bits per heavy atom. The summed E-state index contributed by atoms with van der Waals surface area (Å²) in [6, 6.07) is 15.1. The number of hydrogen-bond donors (Lipinski definition) is 1. The number of carbonyl (C=O) groups is 1. The SMILES string of the molecule is CCOc1ccc(OCc2ccc(C(=O)NC(C)C)cc2)cc1. The standard InChI is InChI=1S/C19H23NO3/c1-4-22-17-9-11-18(12-10-17)23-13-15-5-7-16(8-6-15)19(21)20-14(2)3/h5-12,14H,4,13H2,1-3H3,(H,20,21). The van der Waals surface area contributed by atoms with Crippen LogP contribution in [0.25, 0.3) is 0 Å². The lowest BCUT2D eigenvalue weighted by molar-refractivity contribution is 0.0943. The number of nitrogens with one attached hydrogen (secondary N) is 1. The zero-order valence-corrected chi connectivity index (χ0v) is 13.8. The maximum absolute atomic E-state index is 11.9. The summed E-state index contributed by atoms with van der Waals surface area (Å²) in [7, 11) is 0. The van der Waals surface area contributed by atoms with E-state index in [0.29, 0.717) is 18.8 Å². The van der Waals surface area contributed by atoms with Crippen LogP contribution >= 0.6 is 0 Å². The van der Waals surface area contributed by atoms with Crippen molar-refractivity contribution in [2.45, 2.75) is 33.4 Å². The van der Waals surface area contributed by atoms with Gasteiger partial charge in [0.2, 0.25) is 0 Å². The van der Waals surface area contributed by atoms with Crippen molar-refractivity contribution in [3.63, 3.8) is 0 Å². The summed E-state index contributed by atoms with van der Waals surface area (Å²) >= 11 is 0. The third kappa shape index (κ3) is 5.33. The molecule has 0 saturated carbocycles. The molecule has 0 aliphatic carbocycles. The molecule has 0 bridgehead atoms. The molecule has 2 aromatic rings. The van der Waals surface area contributed by atoms with Gasteiger partial charge in [-0.2, -0.15) is 0 Å². The van der Waals surface area contributed by atoms with Crippen LogP contribution in [0.3, 0.4) is 0 Å². The Morgan fingerprint density at radius 2 is 1.52 bits per heavy atom. The van der Waals surface area contributed by atoms with Crippen LogP contribution in [0, 0.1) is 0 Å². The molecule has 0 radical (unpaired) electrons. The van der Waals surface area contributed by atoms with E-state index < -0.39 is 0 Å². The van der Waals surface area contributed by atoms with E-state index in [1.807, 2.05) is 69.3 Å². The molecule has 0 aliphatic heterocycles. The Morgan fingerprint density at radius 1 is 0.957 bits per heavy atom. The molecule has 2 rings (SSSR count). The highest BCUT2D eigenvalue weighted by molar-refractivity contribution is 5.94. The van der Waals surface area contributed by atoms with Crippen LogP contribution in [0.1, 0.15) is 36.7 Å². The van der Waals surface area contributed by atoms with Crippen molar-refractivity contribution in [1.82, 2.24) is 5.32 Å². The lowest BCUT2D eigenvalue weighted by atomic mass is 10.1. The highest BCUT2D eigenvalue weighted by Gasteiger charge is 2.06. The number of hydrogen-bond acceptors (Lipinski definition) is 3. The molecule has 0 heterocycles. The molecule has 0 fully saturated rings. The van der Waals surface area contributed by atoms with Gasteiger partial charge in [-0.05, 0) is 62.7 Å². The average molecular weight is 313 g/mol. The normalized spacial score (nSPS) is 10.4. The Hall–Kier alpha value is -2.49. The second-order valence-electron chi connectivity index (χ2n) is 5.52. The van der Waals surface area contributed by atoms with Crippen LogP contribution in [0.4, 0.5) is 0 Å². The largest absolute Gasteiger partial charge is 0.494 e. The van der Waals surface area contributed by atoms with E-state index in [4.69, 9.17) is 9.47 Å². The quantitative estimate of drug-likeness (QED) is 0.845. The zero-order valence-electron chi connectivity index (χ0n) is 13.8. The van der Waals surface area contributed by atoms with Gasteiger partial charge < -0.3 is 14.8 Å². The first-order valence-corrected chi connectivity index (χ1v) is 7.84. The molecule has 4 heteroatoms. The molecule has 0 aromatic heterocycles. The van der Waals surface area contributed by atoms with Gasteiger partial charge in [0.25, 0.3) is 5.91 Å². The predicted molar refractivity (Wildman–Crippen MR) is 91.0 cm³/mol. The van der Waals surface area contributed by atoms with Gasteiger partial charge in [0.1, 0.15) is 18.1 Å². The fourth-order valence-corrected chi connectivity index (χ4v) is 2.06. The van der Waals surface area contributed by atoms with Gasteiger partial charge >= 0.3 is 0 Å². The van der Waals surface area contributed by atoms with Crippen molar-refractivity contribution in [3.8, 4) is 11.5 Å². The maximum atomic E-state index is 11.9. The summed E-state index contributed by atoms with van der Waals surface area (Å²) in [5.74, 6) is 1.56. The number of amides is 1. The summed E-state index contributed by atoms with van der Waals surface area (Å²) in [5, 5.41) is 2.87. The third-order valence-electron chi connectivity index (χ3n) is 3.18. The summed E-state index contributed by atoms with van der Waals surface area (Å²) in [5.41, 5.74) is 1.67. The first kappa shape index (κ1) is 16.9. The second-order valence-corrected chi connectivity index (χ2v) is 5.52. The van der Waals surface area contributed by atoms with E-state index >= 15 is 0 Å². The number of benzene rings is 2. The summed E-state index contributed by atoms with van der Waals surface area (Å²) in [4.78, 5) is 11.9. The van der Waals surface area contributed by atoms with Gasteiger partial charge in [-0.25, -0.2) is 0 Å². The Bertz CT molecular complexity index is 618. The molecule has 2 aromatic carbocycles. The maximum Gasteiger partial charge on any atom is 0.251 e. The molecule has 1 amide bonds. The van der Waals surface area contributed by atoms with Gasteiger partial charge in [0.05, 0.1) is 6.61 Å². The Labute approximate surface area is 137 Å². The van der Waals surface area contributed by atoms with Crippen molar-refractivity contribution in [3.05, 3.63) is 59.7 Å². The van der Waals surface area contributed by atoms with Crippen LogP contribution in [0.5, 0.6) is 11.5 Å². The molecule has 0 atom stereocenters. The van der Waals surface area contributed by atoms with E-state index in [2.05, 4.69) is 5.32 Å². The molecule has 23 heavy (non-hydrogen) atoms. The van der Waals surface area contributed by atoms with E-state index in [0.717, 1.165) is 17.1 Å². The lowest BCUT2D eigenvalue weighted by Gasteiger charge is -2.10. The zero-order chi connectivity index (χ0) is 16.7. The molecule has 0 unspecified atom stereocenters. The van der Waals surface area contributed by atoms with Gasteiger partial charge in [-0.15, -0.1) is 0 Å². The Balaban J connectivity index is 1.89. The fourth-order valence-electron chi connectivity index (χ4n) is 2.06. The van der Waals surface area contributed by atoms with Crippen LogP contribution < -0.4 is 14.8 Å². The summed E-state index contributed by atoms with van der Waals surface area (Å²) in [6.07, 6.45) is 0. The topological polar surface area (TPSA) is 47.6 Å². The van der Waals surface area contributed by atoms with Gasteiger partial charge in [0.15, 0.2) is 0 Å². The van der Waals surface area contributed by atoms with Gasteiger partial charge in [-0.1, -0.05) is 12.1 Å². The summed E-state index contributed by atoms with van der Waals surface area (Å²) < 4.78 is 11.1. The number of carbonyl (C=O) groups excluding carboxylic acids is 1. The van der Waals surface area contributed by atoms with Crippen molar-refractivity contribution >= 4 is 5.91 Å². The van der Waals surface area contributed by atoms with E-state index in [9.17, 15) is 4.79 Å². The monoisotopic (exact) mass is 313 g/mol. The van der Waals surface area contributed by atoms with Crippen LogP contribution in [0.15, 0.2) is 48.5 Å². The van der Waals surface area contributed by atoms with Crippen molar-refractivity contribution in [1.29, 1.82) is 0 Å². The molecule has 0 aliphatic rings. The minimum absolute atomic E-state index is 0.0565. The molecule has 0 spiro atoms. The van der Waals surface area contributed by atoms with Crippen LogP contribution in [0.2, 0.25) is 0 Å². The highest BCUT2D eigenvalue weighted by atomic mass is 16.5. The molecule has 122 valence electrons. The van der Waals surface area contributed by atoms with Crippen molar-refractivity contribution < 1.29 is 14.3 Å². The minimum Gasteiger partial charge on any atom is -0.494 e.